The van der Waals surface area contributed by atoms with Gasteiger partial charge in [0.15, 0.2) is 12.2 Å². The summed E-state index contributed by atoms with van der Waals surface area (Å²) in [7, 11) is -9.89. The lowest BCUT2D eigenvalue weighted by Gasteiger charge is -2.21. The van der Waals surface area contributed by atoms with Crippen molar-refractivity contribution in [2.24, 2.45) is 5.92 Å². The summed E-state index contributed by atoms with van der Waals surface area (Å²) >= 11 is 0. The monoisotopic (exact) mass is 1270 g/mol. The number of carbonyl (C=O) groups excluding carboxylic acids is 4. The minimum Gasteiger partial charge on any atom is -0.462 e. The number of ether oxygens (including phenoxy) is 4. The number of aliphatic hydroxyl groups excluding tert-OH is 1. The summed E-state index contributed by atoms with van der Waals surface area (Å²) in [5.74, 6) is -1.41. The summed E-state index contributed by atoms with van der Waals surface area (Å²) in [6.45, 7) is 7.17. The summed E-state index contributed by atoms with van der Waals surface area (Å²) in [4.78, 5) is 72.3. The molecule has 0 radical (unpaired) electrons. The van der Waals surface area contributed by atoms with E-state index in [1.54, 1.807) is 0 Å². The van der Waals surface area contributed by atoms with E-state index in [1.807, 2.05) is 0 Å². The van der Waals surface area contributed by atoms with Crippen molar-refractivity contribution >= 4 is 39.5 Å². The highest BCUT2D eigenvalue weighted by Gasteiger charge is 2.30. The Bertz CT molecular complexity index is 1670. The van der Waals surface area contributed by atoms with Crippen molar-refractivity contribution < 1.29 is 80.2 Å². The molecule has 5 atom stereocenters. The van der Waals surface area contributed by atoms with Crippen molar-refractivity contribution in [3.8, 4) is 0 Å². The summed E-state index contributed by atoms with van der Waals surface area (Å²) in [5.41, 5.74) is 0. The molecule has 0 aliphatic rings. The van der Waals surface area contributed by atoms with E-state index in [-0.39, 0.29) is 25.7 Å². The number of phosphoric acid groups is 2. The molecule has 3 N–H and O–H groups in total. The van der Waals surface area contributed by atoms with Gasteiger partial charge in [-0.15, -0.1) is 0 Å². The number of carbonyl (C=O) groups is 4. The van der Waals surface area contributed by atoms with Gasteiger partial charge in [0.05, 0.1) is 26.4 Å². The third kappa shape index (κ3) is 60.9. The second-order valence-corrected chi connectivity index (χ2v) is 27.6. The van der Waals surface area contributed by atoms with Crippen molar-refractivity contribution in [2.45, 2.75) is 361 Å². The lowest BCUT2D eigenvalue weighted by molar-refractivity contribution is -0.161. The minimum absolute atomic E-state index is 0.105. The molecule has 0 bridgehead atoms. The minimum atomic E-state index is -4.95. The molecular formula is C67H130O17P2. The molecular weight excluding hydrogens is 1140 g/mol. The zero-order valence-corrected chi connectivity index (χ0v) is 57.2. The molecule has 0 amide bonds. The molecule has 86 heavy (non-hydrogen) atoms. The number of unbranched alkanes of at least 4 members (excludes halogenated alkanes) is 39. The molecule has 510 valence electrons. The Labute approximate surface area is 524 Å². The summed E-state index contributed by atoms with van der Waals surface area (Å²) in [5, 5.41) is 10.6. The van der Waals surface area contributed by atoms with E-state index in [2.05, 4.69) is 34.6 Å². The fraction of sp³-hybridized carbons (Fsp3) is 0.940. The van der Waals surface area contributed by atoms with Crippen LogP contribution in [-0.4, -0.2) is 96.7 Å². The number of rotatable bonds is 67. The van der Waals surface area contributed by atoms with Crippen LogP contribution in [0.15, 0.2) is 0 Å². The third-order valence-corrected chi connectivity index (χ3v) is 17.4. The molecule has 0 aliphatic carbocycles. The highest BCUT2D eigenvalue weighted by atomic mass is 31.2. The highest BCUT2D eigenvalue weighted by Crippen LogP contribution is 2.45. The fourth-order valence-electron chi connectivity index (χ4n) is 10.1. The van der Waals surface area contributed by atoms with Gasteiger partial charge in [0.25, 0.3) is 0 Å². The number of phosphoric ester groups is 2. The van der Waals surface area contributed by atoms with Crippen LogP contribution in [0, 0.1) is 5.92 Å². The molecule has 0 saturated carbocycles. The van der Waals surface area contributed by atoms with Crippen molar-refractivity contribution in [2.75, 3.05) is 39.6 Å². The zero-order valence-electron chi connectivity index (χ0n) is 55.4. The van der Waals surface area contributed by atoms with Crippen LogP contribution in [-0.2, 0) is 65.4 Å². The lowest BCUT2D eigenvalue weighted by Crippen LogP contribution is -2.30. The van der Waals surface area contributed by atoms with Crippen LogP contribution in [0.5, 0.6) is 0 Å². The molecule has 17 nitrogen and oxygen atoms in total. The van der Waals surface area contributed by atoms with Gasteiger partial charge in [0.1, 0.15) is 19.3 Å². The van der Waals surface area contributed by atoms with Crippen LogP contribution in [0.2, 0.25) is 0 Å². The number of aliphatic hydroxyl groups is 1. The van der Waals surface area contributed by atoms with E-state index in [4.69, 9.17) is 37.0 Å². The van der Waals surface area contributed by atoms with Crippen molar-refractivity contribution in [3.63, 3.8) is 0 Å². The first-order valence-electron chi connectivity index (χ1n) is 35.1. The Morgan fingerprint density at radius 3 is 0.791 bits per heavy atom. The maximum atomic E-state index is 13.0. The molecule has 0 heterocycles. The van der Waals surface area contributed by atoms with Gasteiger partial charge in [0, 0.05) is 25.7 Å². The van der Waals surface area contributed by atoms with Gasteiger partial charge >= 0.3 is 39.5 Å². The molecule has 0 aromatic rings. The standard InChI is InChI=1S/C67H130O17P2/c1-6-9-12-15-18-21-23-25-26-28-31-37-42-47-52-66(71)83-62(57-78-65(70)51-46-41-36-30-27-24-22-19-16-13-10-7-2)58-81-85(73,74)79-54-61(68)55-80-86(75,76)82-59-63(56-77-64(69)50-45-40-35-29-20-17-14-11-8-3)84-67(72)53-48-43-38-33-32-34-39-44-49-60(4)5/h60-63,68H,6-59H2,1-5H3,(H,73,74)(H,75,76)/t61-,62-,63-/m1/s1. The predicted octanol–water partition coefficient (Wildman–Crippen LogP) is 19.0. The SMILES string of the molecule is CCCCCCCCCCCCCCCCC(=O)O[C@H](COC(=O)CCCCCCCCCCCCCC)COP(=O)(O)OC[C@@H](O)COP(=O)(O)OC[C@@H](COC(=O)CCCCCCCCCCC)OC(=O)CCCCCCCCCCC(C)C. The molecule has 0 aliphatic heterocycles. The Hall–Kier alpha value is -1.94. The first-order valence-corrected chi connectivity index (χ1v) is 38.1. The largest absolute Gasteiger partial charge is 0.472 e. The van der Waals surface area contributed by atoms with E-state index in [0.29, 0.717) is 25.7 Å². The van der Waals surface area contributed by atoms with E-state index in [1.165, 1.54) is 167 Å². The maximum Gasteiger partial charge on any atom is 0.472 e. The number of hydrogen-bond donors (Lipinski definition) is 3. The van der Waals surface area contributed by atoms with Crippen LogP contribution in [0.1, 0.15) is 343 Å². The van der Waals surface area contributed by atoms with Crippen LogP contribution >= 0.6 is 15.6 Å². The Morgan fingerprint density at radius 2 is 0.535 bits per heavy atom. The number of hydrogen-bond acceptors (Lipinski definition) is 15. The third-order valence-electron chi connectivity index (χ3n) is 15.5. The fourth-order valence-corrected chi connectivity index (χ4v) is 11.7. The van der Waals surface area contributed by atoms with Crippen LogP contribution in [0.4, 0.5) is 0 Å². The van der Waals surface area contributed by atoms with E-state index < -0.39 is 97.5 Å². The average Bonchev–Trinajstić information content (AvgIpc) is 3.59. The van der Waals surface area contributed by atoms with Crippen molar-refractivity contribution in [1.29, 1.82) is 0 Å². The van der Waals surface area contributed by atoms with Gasteiger partial charge in [-0.3, -0.25) is 37.3 Å². The maximum absolute atomic E-state index is 13.0. The van der Waals surface area contributed by atoms with Crippen LogP contribution < -0.4 is 0 Å². The first kappa shape index (κ1) is 84.1. The van der Waals surface area contributed by atoms with Crippen molar-refractivity contribution in [3.05, 3.63) is 0 Å². The molecule has 0 rings (SSSR count). The second kappa shape index (κ2) is 60.6. The molecule has 0 fully saturated rings. The summed E-state index contributed by atoms with van der Waals surface area (Å²) in [6.07, 6.45) is 45.7. The smallest absolute Gasteiger partial charge is 0.462 e. The van der Waals surface area contributed by atoms with Gasteiger partial charge < -0.3 is 33.8 Å². The van der Waals surface area contributed by atoms with Crippen LogP contribution in [0.3, 0.4) is 0 Å². The number of esters is 4. The molecule has 0 saturated heterocycles. The summed E-state index contributed by atoms with van der Waals surface area (Å²) in [6, 6.07) is 0. The molecule has 2 unspecified atom stereocenters. The topological polar surface area (TPSA) is 237 Å². The summed E-state index contributed by atoms with van der Waals surface area (Å²) < 4.78 is 68.1. The second-order valence-electron chi connectivity index (χ2n) is 24.7. The highest BCUT2D eigenvalue weighted by molar-refractivity contribution is 7.47. The van der Waals surface area contributed by atoms with E-state index >= 15 is 0 Å². The Balaban J connectivity index is 5.24. The van der Waals surface area contributed by atoms with E-state index in [0.717, 1.165) is 95.8 Å². The Morgan fingerprint density at radius 1 is 0.314 bits per heavy atom. The molecule has 0 spiro atoms. The predicted molar refractivity (Wildman–Crippen MR) is 345 cm³/mol. The van der Waals surface area contributed by atoms with Crippen molar-refractivity contribution in [1.82, 2.24) is 0 Å². The van der Waals surface area contributed by atoms with E-state index in [9.17, 15) is 43.2 Å². The van der Waals surface area contributed by atoms with Gasteiger partial charge in [-0.1, -0.05) is 291 Å². The normalized spacial score (nSPS) is 14.2. The molecule has 19 heteroatoms. The average molecular weight is 1270 g/mol. The quantitative estimate of drug-likeness (QED) is 0.0222. The Kier molecular flexibility index (Phi) is 59.2. The molecule has 0 aromatic heterocycles. The van der Waals surface area contributed by atoms with Gasteiger partial charge in [-0.2, -0.15) is 0 Å². The first-order chi connectivity index (χ1) is 41.5. The molecule has 0 aromatic carbocycles. The van der Waals surface area contributed by atoms with Gasteiger partial charge in [0.2, 0.25) is 0 Å². The van der Waals surface area contributed by atoms with Gasteiger partial charge in [-0.25, -0.2) is 9.13 Å². The lowest BCUT2D eigenvalue weighted by atomic mass is 10.0. The van der Waals surface area contributed by atoms with Crippen LogP contribution in [0.25, 0.3) is 0 Å². The zero-order chi connectivity index (χ0) is 63.5. The van der Waals surface area contributed by atoms with Gasteiger partial charge in [-0.05, 0) is 31.6 Å².